The molecule has 1 aromatic carbocycles. The molecular weight excluding hydrogens is 228 g/mol. The molecule has 0 aliphatic carbocycles. The van der Waals surface area contributed by atoms with Crippen LogP contribution in [0.2, 0.25) is 0 Å². The van der Waals surface area contributed by atoms with Gasteiger partial charge in [-0.3, -0.25) is 0 Å². The summed E-state index contributed by atoms with van der Waals surface area (Å²) in [5.41, 5.74) is 1.40. The highest BCUT2D eigenvalue weighted by Gasteiger charge is 2.03. The molecule has 0 bridgehead atoms. The summed E-state index contributed by atoms with van der Waals surface area (Å²) in [6.45, 7) is 8.87. The zero-order chi connectivity index (χ0) is 12.5. The maximum atomic E-state index is 3.22. The minimum absolute atomic E-state index is 0.953. The van der Waals surface area contributed by atoms with Crippen LogP contribution in [0.25, 0.3) is 0 Å². The normalized spacial score (nSPS) is 11.1. The van der Waals surface area contributed by atoms with Crippen molar-refractivity contribution < 1.29 is 0 Å². The van der Waals surface area contributed by atoms with E-state index in [1.165, 1.54) is 22.8 Å². The predicted molar refractivity (Wildman–Crippen MR) is 77.7 cm³/mol. The van der Waals surface area contributed by atoms with E-state index in [2.05, 4.69) is 48.3 Å². The van der Waals surface area contributed by atoms with E-state index in [4.69, 9.17) is 0 Å². The molecule has 96 valence electrons. The molecule has 0 saturated heterocycles. The van der Waals surface area contributed by atoms with Crippen LogP contribution < -0.4 is 5.32 Å². The third-order valence-corrected chi connectivity index (χ3v) is 4.00. The van der Waals surface area contributed by atoms with Gasteiger partial charge >= 0.3 is 0 Å². The van der Waals surface area contributed by atoms with Crippen LogP contribution in [-0.2, 0) is 6.54 Å². The fraction of sp³-hybridized carbons (Fsp3) is 0.571. The number of rotatable bonds is 8. The quantitative estimate of drug-likeness (QED) is 0.716. The molecule has 0 atom stereocenters. The van der Waals surface area contributed by atoms with Crippen molar-refractivity contribution in [3.63, 3.8) is 0 Å². The van der Waals surface area contributed by atoms with Crippen molar-refractivity contribution in [2.75, 3.05) is 32.4 Å². The topological polar surface area (TPSA) is 15.3 Å². The van der Waals surface area contributed by atoms with Gasteiger partial charge in [-0.2, -0.15) is 0 Å². The summed E-state index contributed by atoms with van der Waals surface area (Å²) in [5.74, 6) is 1.17. The number of thioether (sulfide) groups is 1. The first kappa shape index (κ1) is 14.6. The SMILES string of the molecule is CCN(CC)CCSc1ccccc1CNC. The maximum absolute atomic E-state index is 3.22. The van der Waals surface area contributed by atoms with E-state index in [1.807, 2.05) is 18.8 Å². The molecule has 0 unspecified atom stereocenters. The standard InChI is InChI=1S/C14H24N2S/c1-4-16(5-2)10-11-17-14-9-7-6-8-13(14)12-15-3/h6-9,15H,4-5,10-12H2,1-3H3. The molecule has 0 spiro atoms. The highest BCUT2D eigenvalue weighted by Crippen LogP contribution is 2.22. The van der Waals surface area contributed by atoms with Crippen LogP contribution >= 0.6 is 11.8 Å². The van der Waals surface area contributed by atoms with Gasteiger partial charge in [-0.1, -0.05) is 32.0 Å². The second-order valence-corrected chi connectivity index (χ2v) is 5.15. The Kier molecular flexibility index (Phi) is 7.33. The smallest absolute Gasteiger partial charge is 0.0213 e. The van der Waals surface area contributed by atoms with E-state index in [0.29, 0.717) is 0 Å². The summed E-state index contributed by atoms with van der Waals surface area (Å²) >= 11 is 1.96. The number of benzene rings is 1. The number of nitrogens with one attached hydrogen (secondary N) is 1. The van der Waals surface area contributed by atoms with E-state index in [0.717, 1.165) is 19.6 Å². The van der Waals surface area contributed by atoms with Gasteiger partial charge in [0.1, 0.15) is 0 Å². The summed E-state index contributed by atoms with van der Waals surface area (Å²) in [5, 5.41) is 3.22. The summed E-state index contributed by atoms with van der Waals surface area (Å²) in [6.07, 6.45) is 0. The fourth-order valence-electron chi connectivity index (χ4n) is 1.81. The molecule has 1 N–H and O–H groups in total. The van der Waals surface area contributed by atoms with Gasteiger partial charge in [0.15, 0.2) is 0 Å². The Labute approximate surface area is 110 Å². The summed E-state index contributed by atoms with van der Waals surface area (Å²) in [7, 11) is 2.00. The maximum Gasteiger partial charge on any atom is 0.0213 e. The molecule has 0 aliphatic rings. The van der Waals surface area contributed by atoms with E-state index in [1.54, 1.807) is 0 Å². The van der Waals surface area contributed by atoms with E-state index in [-0.39, 0.29) is 0 Å². The third-order valence-electron chi connectivity index (χ3n) is 2.90. The zero-order valence-corrected chi connectivity index (χ0v) is 12.0. The Morgan fingerprint density at radius 3 is 2.53 bits per heavy atom. The van der Waals surface area contributed by atoms with Crippen LogP contribution in [-0.4, -0.2) is 37.3 Å². The highest BCUT2D eigenvalue weighted by atomic mass is 32.2. The average Bonchev–Trinajstić information content (AvgIpc) is 2.37. The summed E-state index contributed by atoms with van der Waals surface area (Å²) in [4.78, 5) is 3.88. The number of nitrogens with zero attached hydrogens (tertiary/aromatic N) is 1. The summed E-state index contributed by atoms with van der Waals surface area (Å²) < 4.78 is 0. The van der Waals surface area contributed by atoms with Gasteiger partial charge in [-0.15, -0.1) is 11.8 Å². The first-order chi connectivity index (χ1) is 8.31. The zero-order valence-electron chi connectivity index (χ0n) is 11.2. The Morgan fingerprint density at radius 2 is 1.88 bits per heavy atom. The molecule has 1 rings (SSSR count). The van der Waals surface area contributed by atoms with Gasteiger partial charge in [0.2, 0.25) is 0 Å². The van der Waals surface area contributed by atoms with Crippen molar-refractivity contribution in [3.05, 3.63) is 29.8 Å². The Balaban J connectivity index is 2.45. The van der Waals surface area contributed by atoms with Crippen molar-refractivity contribution in [2.45, 2.75) is 25.3 Å². The van der Waals surface area contributed by atoms with Crippen molar-refractivity contribution in [1.29, 1.82) is 0 Å². The fourth-order valence-corrected chi connectivity index (χ4v) is 2.88. The van der Waals surface area contributed by atoms with Crippen molar-refractivity contribution in [1.82, 2.24) is 10.2 Å². The lowest BCUT2D eigenvalue weighted by atomic mass is 10.2. The lowest BCUT2D eigenvalue weighted by Crippen LogP contribution is -2.25. The largest absolute Gasteiger partial charge is 0.316 e. The van der Waals surface area contributed by atoms with Gasteiger partial charge in [0.05, 0.1) is 0 Å². The lowest BCUT2D eigenvalue weighted by molar-refractivity contribution is 0.324. The van der Waals surface area contributed by atoms with Crippen molar-refractivity contribution >= 4 is 11.8 Å². The molecule has 0 aliphatic heterocycles. The van der Waals surface area contributed by atoms with Gasteiger partial charge in [-0.25, -0.2) is 0 Å². The third kappa shape index (κ3) is 5.11. The Morgan fingerprint density at radius 1 is 1.18 bits per heavy atom. The molecule has 0 heterocycles. The van der Waals surface area contributed by atoms with Crippen LogP contribution in [0.4, 0.5) is 0 Å². The molecule has 0 radical (unpaired) electrons. The minimum atomic E-state index is 0.953. The second kappa shape index (κ2) is 8.56. The van der Waals surface area contributed by atoms with E-state index in [9.17, 15) is 0 Å². The second-order valence-electron chi connectivity index (χ2n) is 4.01. The van der Waals surface area contributed by atoms with E-state index < -0.39 is 0 Å². The predicted octanol–water partition coefficient (Wildman–Crippen LogP) is 2.84. The first-order valence-corrected chi connectivity index (χ1v) is 7.38. The highest BCUT2D eigenvalue weighted by molar-refractivity contribution is 7.99. The molecule has 0 saturated carbocycles. The molecule has 0 fully saturated rings. The number of hydrogen-bond donors (Lipinski definition) is 1. The van der Waals surface area contributed by atoms with Gasteiger partial charge in [0.25, 0.3) is 0 Å². The van der Waals surface area contributed by atoms with Gasteiger partial charge in [0, 0.05) is 23.7 Å². The monoisotopic (exact) mass is 252 g/mol. The lowest BCUT2D eigenvalue weighted by Gasteiger charge is -2.17. The molecule has 1 aromatic rings. The number of hydrogen-bond acceptors (Lipinski definition) is 3. The molecule has 0 amide bonds. The van der Waals surface area contributed by atoms with Crippen LogP contribution in [0.1, 0.15) is 19.4 Å². The molecule has 0 aromatic heterocycles. The van der Waals surface area contributed by atoms with Crippen LogP contribution in [0, 0.1) is 0 Å². The van der Waals surface area contributed by atoms with Gasteiger partial charge < -0.3 is 10.2 Å². The van der Waals surface area contributed by atoms with Crippen LogP contribution in [0.15, 0.2) is 29.2 Å². The van der Waals surface area contributed by atoms with Crippen LogP contribution in [0.5, 0.6) is 0 Å². The van der Waals surface area contributed by atoms with E-state index >= 15 is 0 Å². The Hall–Kier alpha value is -0.510. The Bertz CT molecular complexity index is 311. The average molecular weight is 252 g/mol. The van der Waals surface area contributed by atoms with Crippen molar-refractivity contribution in [2.24, 2.45) is 0 Å². The minimum Gasteiger partial charge on any atom is -0.316 e. The summed E-state index contributed by atoms with van der Waals surface area (Å²) in [6, 6.07) is 8.66. The molecular formula is C14H24N2S. The van der Waals surface area contributed by atoms with Crippen LogP contribution in [0.3, 0.4) is 0 Å². The van der Waals surface area contributed by atoms with Gasteiger partial charge in [-0.05, 0) is 31.8 Å². The molecule has 3 heteroatoms. The molecule has 17 heavy (non-hydrogen) atoms. The van der Waals surface area contributed by atoms with Crippen molar-refractivity contribution in [3.8, 4) is 0 Å². The molecule has 2 nitrogen and oxygen atoms in total. The first-order valence-electron chi connectivity index (χ1n) is 6.39.